The van der Waals surface area contributed by atoms with E-state index in [2.05, 4.69) is 5.32 Å². The van der Waals surface area contributed by atoms with Crippen LogP contribution in [-0.4, -0.2) is 36.7 Å². The molecule has 1 aliphatic rings. The van der Waals surface area contributed by atoms with Gasteiger partial charge in [-0.15, -0.1) is 0 Å². The first kappa shape index (κ1) is 18.9. The zero-order chi connectivity index (χ0) is 19.4. The van der Waals surface area contributed by atoms with Gasteiger partial charge in [0.25, 0.3) is 0 Å². The highest BCUT2D eigenvalue weighted by molar-refractivity contribution is 5.90. The van der Waals surface area contributed by atoms with Crippen LogP contribution in [0.15, 0.2) is 48.5 Å². The molecule has 3 rings (SSSR count). The van der Waals surface area contributed by atoms with Crippen molar-refractivity contribution in [3.8, 4) is 11.5 Å². The van der Waals surface area contributed by atoms with E-state index in [1.807, 2.05) is 12.1 Å². The van der Waals surface area contributed by atoms with Crippen molar-refractivity contribution in [3.05, 3.63) is 54.1 Å². The quantitative estimate of drug-likeness (QED) is 0.855. The standard InChI is InChI=1S/C19H19F3N2O3/c1-2-24(11-13-12-26-16-9-5-6-10-17(16)27-13)18(25)23-15-8-4-3-7-14(15)19(20,21)22/h3-10,13H,2,11-12H2,1H3,(H,23,25). The Hall–Kier alpha value is -2.90. The second kappa shape index (κ2) is 7.77. The summed E-state index contributed by atoms with van der Waals surface area (Å²) < 4.78 is 50.7. The zero-order valence-electron chi connectivity index (χ0n) is 14.6. The van der Waals surface area contributed by atoms with E-state index in [0.29, 0.717) is 18.0 Å². The molecule has 5 nitrogen and oxygen atoms in total. The first-order valence-corrected chi connectivity index (χ1v) is 8.49. The number of carbonyl (C=O) groups is 1. The Labute approximate surface area is 154 Å². The van der Waals surface area contributed by atoms with Gasteiger partial charge in [0, 0.05) is 6.54 Å². The molecule has 0 fully saturated rings. The number of likely N-dealkylation sites (N-methyl/N-ethyl adjacent to an activating group) is 1. The lowest BCUT2D eigenvalue weighted by Gasteiger charge is -2.31. The topological polar surface area (TPSA) is 50.8 Å². The summed E-state index contributed by atoms with van der Waals surface area (Å²) in [5, 5.41) is 2.35. The molecule has 1 N–H and O–H groups in total. The van der Waals surface area contributed by atoms with E-state index in [1.165, 1.54) is 23.1 Å². The normalized spacial score (nSPS) is 15.9. The van der Waals surface area contributed by atoms with Gasteiger partial charge in [0.1, 0.15) is 6.61 Å². The highest BCUT2D eigenvalue weighted by atomic mass is 19.4. The number of urea groups is 1. The highest BCUT2D eigenvalue weighted by Gasteiger charge is 2.34. The van der Waals surface area contributed by atoms with Gasteiger partial charge >= 0.3 is 12.2 Å². The molecule has 0 saturated carbocycles. The molecule has 2 aromatic rings. The summed E-state index contributed by atoms with van der Waals surface area (Å²) >= 11 is 0. The molecule has 1 atom stereocenters. The minimum absolute atomic E-state index is 0.185. The van der Waals surface area contributed by atoms with Gasteiger partial charge in [-0.25, -0.2) is 4.79 Å². The van der Waals surface area contributed by atoms with Gasteiger partial charge in [0.05, 0.1) is 17.8 Å². The Morgan fingerprint density at radius 1 is 1.15 bits per heavy atom. The first-order chi connectivity index (χ1) is 12.9. The van der Waals surface area contributed by atoms with E-state index < -0.39 is 23.9 Å². The second-order valence-electron chi connectivity index (χ2n) is 6.01. The number of para-hydroxylation sites is 3. The van der Waals surface area contributed by atoms with Gasteiger partial charge in [-0.3, -0.25) is 0 Å². The van der Waals surface area contributed by atoms with Crippen LogP contribution in [0.5, 0.6) is 11.5 Å². The van der Waals surface area contributed by atoms with E-state index in [-0.39, 0.29) is 18.8 Å². The third-order valence-electron chi connectivity index (χ3n) is 4.13. The van der Waals surface area contributed by atoms with Crippen molar-refractivity contribution in [1.29, 1.82) is 0 Å². The number of hydrogen-bond donors (Lipinski definition) is 1. The smallest absolute Gasteiger partial charge is 0.418 e. The number of fused-ring (bicyclic) bond motifs is 1. The van der Waals surface area contributed by atoms with Crippen LogP contribution in [0.25, 0.3) is 0 Å². The van der Waals surface area contributed by atoms with E-state index >= 15 is 0 Å². The van der Waals surface area contributed by atoms with Gasteiger partial charge in [0.2, 0.25) is 0 Å². The van der Waals surface area contributed by atoms with Crippen LogP contribution in [0.3, 0.4) is 0 Å². The summed E-state index contributed by atoms with van der Waals surface area (Å²) in [5.74, 6) is 1.20. The molecule has 1 unspecified atom stereocenters. The van der Waals surface area contributed by atoms with Crippen molar-refractivity contribution >= 4 is 11.7 Å². The number of anilines is 1. The van der Waals surface area contributed by atoms with Crippen LogP contribution in [-0.2, 0) is 6.18 Å². The summed E-state index contributed by atoms with van der Waals surface area (Å²) in [7, 11) is 0. The fourth-order valence-electron chi connectivity index (χ4n) is 2.79. The summed E-state index contributed by atoms with van der Waals surface area (Å²) in [5.41, 5.74) is -1.17. The second-order valence-corrected chi connectivity index (χ2v) is 6.01. The monoisotopic (exact) mass is 380 g/mol. The Kier molecular flexibility index (Phi) is 5.43. The minimum Gasteiger partial charge on any atom is -0.486 e. The number of benzene rings is 2. The molecule has 0 bridgehead atoms. The van der Waals surface area contributed by atoms with Gasteiger partial charge in [-0.05, 0) is 31.2 Å². The lowest BCUT2D eigenvalue weighted by molar-refractivity contribution is -0.136. The van der Waals surface area contributed by atoms with Gasteiger partial charge in [0.15, 0.2) is 17.6 Å². The van der Waals surface area contributed by atoms with E-state index in [1.54, 1.807) is 19.1 Å². The Balaban J connectivity index is 1.67. The third-order valence-corrected chi connectivity index (χ3v) is 4.13. The molecule has 2 amide bonds. The number of alkyl halides is 3. The maximum atomic E-state index is 13.1. The number of nitrogens with one attached hydrogen (secondary N) is 1. The molecular formula is C19H19F3N2O3. The van der Waals surface area contributed by atoms with Crippen LogP contribution in [0.1, 0.15) is 12.5 Å². The largest absolute Gasteiger partial charge is 0.486 e. The van der Waals surface area contributed by atoms with Crippen LogP contribution in [0.2, 0.25) is 0 Å². The fraction of sp³-hybridized carbons (Fsp3) is 0.316. The Bertz CT molecular complexity index is 811. The van der Waals surface area contributed by atoms with Crippen molar-refractivity contribution in [2.75, 3.05) is 25.0 Å². The molecule has 2 aromatic carbocycles. The number of hydrogen-bond acceptors (Lipinski definition) is 3. The first-order valence-electron chi connectivity index (χ1n) is 8.49. The van der Waals surface area contributed by atoms with Crippen molar-refractivity contribution < 1.29 is 27.4 Å². The molecule has 0 spiro atoms. The van der Waals surface area contributed by atoms with Crippen LogP contribution < -0.4 is 14.8 Å². The molecule has 8 heteroatoms. The molecule has 1 aliphatic heterocycles. The third kappa shape index (κ3) is 4.45. The van der Waals surface area contributed by atoms with Crippen LogP contribution >= 0.6 is 0 Å². The number of rotatable bonds is 4. The summed E-state index contributed by atoms with van der Waals surface area (Å²) in [6.07, 6.45) is -4.96. The molecule has 0 aromatic heterocycles. The van der Waals surface area contributed by atoms with E-state index in [4.69, 9.17) is 9.47 Å². The molecule has 1 heterocycles. The lowest BCUT2D eigenvalue weighted by atomic mass is 10.1. The molecule has 0 saturated heterocycles. The predicted octanol–water partition coefficient (Wildman–Crippen LogP) is 4.40. The number of nitrogens with zero attached hydrogens (tertiary/aromatic N) is 1. The zero-order valence-corrected chi connectivity index (χ0v) is 14.6. The predicted molar refractivity (Wildman–Crippen MR) is 94.1 cm³/mol. The molecule has 27 heavy (non-hydrogen) atoms. The van der Waals surface area contributed by atoms with Crippen molar-refractivity contribution in [3.63, 3.8) is 0 Å². The molecule has 144 valence electrons. The fourth-order valence-corrected chi connectivity index (χ4v) is 2.79. The maximum absolute atomic E-state index is 13.1. The van der Waals surface area contributed by atoms with E-state index in [9.17, 15) is 18.0 Å². The lowest BCUT2D eigenvalue weighted by Crippen LogP contribution is -2.45. The summed E-state index contributed by atoms with van der Waals surface area (Å²) in [4.78, 5) is 13.9. The summed E-state index contributed by atoms with van der Waals surface area (Å²) in [6.45, 7) is 2.49. The number of carbonyl (C=O) groups excluding carboxylic acids is 1. The number of ether oxygens (including phenoxy) is 2. The average Bonchev–Trinajstić information content (AvgIpc) is 2.65. The molecular weight excluding hydrogens is 361 g/mol. The van der Waals surface area contributed by atoms with Crippen molar-refractivity contribution in [2.24, 2.45) is 0 Å². The van der Waals surface area contributed by atoms with Gasteiger partial charge < -0.3 is 19.7 Å². The Morgan fingerprint density at radius 3 is 2.52 bits per heavy atom. The van der Waals surface area contributed by atoms with Crippen LogP contribution in [0, 0.1) is 0 Å². The molecule has 0 aliphatic carbocycles. The number of halogens is 3. The maximum Gasteiger partial charge on any atom is 0.418 e. The van der Waals surface area contributed by atoms with Crippen molar-refractivity contribution in [2.45, 2.75) is 19.2 Å². The van der Waals surface area contributed by atoms with Gasteiger partial charge in [-0.1, -0.05) is 24.3 Å². The highest BCUT2D eigenvalue weighted by Crippen LogP contribution is 2.35. The SMILES string of the molecule is CCN(CC1COc2ccccc2O1)C(=O)Nc1ccccc1C(F)(F)F. The van der Waals surface area contributed by atoms with Crippen molar-refractivity contribution in [1.82, 2.24) is 4.90 Å². The molecule has 0 radical (unpaired) electrons. The minimum atomic E-state index is -4.55. The van der Waals surface area contributed by atoms with Gasteiger partial charge in [-0.2, -0.15) is 13.2 Å². The van der Waals surface area contributed by atoms with E-state index in [0.717, 1.165) is 6.07 Å². The average molecular weight is 380 g/mol. The summed E-state index contributed by atoms with van der Waals surface area (Å²) in [6, 6.07) is 11.4. The number of amides is 2. The van der Waals surface area contributed by atoms with Crippen LogP contribution in [0.4, 0.5) is 23.7 Å². The Morgan fingerprint density at radius 2 is 1.81 bits per heavy atom.